The molecule has 0 aromatic rings. The molecule has 0 N–H and O–H groups in total. The molecule has 3 aliphatic rings. The second kappa shape index (κ2) is 9.92. The van der Waals surface area contributed by atoms with Crippen LogP contribution < -0.4 is 0 Å². The number of carbonyl (C=O) groups excluding carboxylic acids is 3. The zero-order valence-corrected chi connectivity index (χ0v) is 18.0. The highest BCUT2D eigenvalue weighted by Crippen LogP contribution is 2.40. The predicted octanol–water partition coefficient (Wildman–Crippen LogP) is 2.38. The number of amides is 1. The van der Waals surface area contributed by atoms with Gasteiger partial charge >= 0.3 is 11.9 Å². The minimum Gasteiger partial charge on any atom is -0.465 e. The molecule has 1 saturated carbocycles. The Balaban J connectivity index is 1.89. The summed E-state index contributed by atoms with van der Waals surface area (Å²) in [7, 11) is 0. The predicted molar refractivity (Wildman–Crippen MR) is 108 cm³/mol. The van der Waals surface area contributed by atoms with Crippen LogP contribution in [0.4, 0.5) is 0 Å². The van der Waals surface area contributed by atoms with Crippen molar-refractivity contribution in [2.75, 3.05) is 39.4 Å². The Labute approximate surface area is 174 Å². The molecule has 7 nitrogen and oxygen atoms in total. The molecule has 3 fully saturated rings. The lowest BCUT2D eigenvalue weighted by Crippen LogP contribution is -2.66. The van der Waals surface area contributed by atoms with Crippen LogP contribution in [0.15, 0.2) is 0 Å². The van der Waals surface area contributed by atoms with Gasteiger partial charge in [0.2, 0.25) is 5.91 Å². The first-order valence-corrected chi connectivity index (χ1v) is 11.4. The van der Waals surface area contributed by atoms with Gasteiger partial charge in [-0.1, -0.05) is 19.3 Å². The van der Waals surface area contributed by atoms with E-state index in [9.17, 15) is 14.4 Å². The second-order valence-corrected chi connectivity index (χ2v) is 8.65. The van der Waals surface area contributed by atoms with Crippen molar-refractivity contribution in [3.05, 3.63) is 0 Å². The van der Waals surface area contributed by atoms with Crippen LogP contribution in [0.3, 0.4) is 0 Å². The lowest BCUT2D eigenvalue weighted by molar-refractivity contribution is -0.186. The molecule has 7 heteroatoms. The van der Waals surface area contributed by atoms with Gasteiger partial charge in [0.1, 0.15) is 0 Å². The van der Waals surface area contributed by atoms with Crippen LogP contribution in [-0.2, 0) is 23.9 Å². The summed E-state index contributed by atoms with van der Waals surface area (Å²) in [6.45, 7) is 6.58. The lowest BCUT2D eigenvalue weighted by atomic mass is 9.72. The van der Waals surface area contributed by atoms with E-state index >= 15 is 0 Å². The van der Waals surface area contributed by atoms with Crippen molar-refractivity contribution in [2.24, 2.45) is 11.3 Å². The smallest absolute Gasteiger partial charge is 0.325 e. The first kappa shape index (κ1) is 22.1. The van der Waals surface area contributed by atoms with E-state index in [0.29, 0.717) is 12.5 Å². The summed E-state index contributed by atoms with van der Waals surface area (Å²) < 4.78 is 10.7. The first-order chi connectivity index (χ1) is 14.0. The molecular formula is C22H36N2O5. The number of carbonyl (C=O) groups is 3. The molecule has 0 aromatic heterocycles. The van der Waals surface area contributed by atoms with Gasteiger partial charge in [-0.05, 0) is 58.5 Å². The number of ether oxygens (including phenoxy) is 2. The van der Waals surface area contributed by atoms with Gasteiger partial charge in [0, 0.05) is 13.1 Å². The molecule has 1 atom stereocenters. The zero-order valence-electron chi connectivity index (χ0n) is 18.0. The summed E-state index contributed by atoms with van der Waals surface area (Å²) in [6.07, 6.45) is 7.94. The van der Waals surface area contributed by atoms with Gasteiger partial charge in [0.25, 0.3) is 0 Å². The highest BCUT2D eigenvalue weighted by Gasteiger charge is 2.61. The molecule has 29 heavy (non-hydrogen) atoms. The normalized spacial score (nSPS) is 25.8. The number of hydrogen-bond acceptors (Lipinski definition) is 6. The maximum Gasteiger partial charge on any atom is 0.325 e. The fraction of sp³-hybridized carbons (Fsp3) is 0.864. The summed E-state index contributed by atoms with van der Waals surface area (Å²) in [5.41, 5.74) is -1.56. The quantitative estimate of drug-likeness (QED) is 0.476. The van der Waals surface area contributed by atoms with Crippen LogP contribution in [0.25, 0.3) is 0 Å². The molecule has 3 rings (SSSR count). The summed E-state index contributed by atoms with van der Waals surface area (Å²) in [6, 6.07) is -0.385. The van der Waals surface area contributed by atoms with Crippen LogP contribution >= 0.6 is 0 Å². The molecule has 0 spiro atoms. The average molecular weight is 409 g/mol. The number of esters is 2. The Kier molecular flexibility index (Phi) is 7.55. The summed E-state index contributed by atoms with van der Waals surface area (Å²) in [5, 5.41) is 0. The van der Waals surface area contributed by atoms with E-state index in [1.807, 2.05) is 4.90 Å². The third-order valence-corrected chi connectivity index (χ3v) is 6.81. The van der Waals surface area contributed by atoms with Gasteiger partial charge in [-0.2, -0.15) is 0 Å². The van der Waals surface area contributed by atoms with Gasteiger partial charge < -0.3 is 14.4 Å². The molecule has 0 bridgehead atoms. The van der Waals surface area contributed by atoms with Crippen molar-refractivity contribution in [1.29, 1.82) is 0 Å². The summed E-state index contributed by atoms with van der Waals surface area (Å²) >= 11 is 0. The molecule has 1 unspecified atom stereocenters. The molecule has 1 amide bonds. The van der Waals surface area contributed by atoms with Crippen molar-refractivity contribution in [3.63, 3.8) is 0 Å². The fourth-order valence-corrected chi connectivity index (χ4v) is 5.29. The Morgan fingerprint density at radius 2 is 1.55 bits per heavy atom. The summed E-state index contributed by atoms with van der Waals surface area (Å²) in [5.74, 6) is -0.834. The molecule has 0 radical (unpaired) electrons. The SMILES string of the molecule is CCOC(=O)C1(C(=O)OCC)CC(=O)N(CC2CCCCC2)CC1N1CCCC1. The van der Waals surface area contributed by atoms with Gasteiger partial charge in [-0.25, -0.2) is 0 Å². The van der Waals surface area contributed by atoms with E-state index < -0.39 is 17.4 Å². The number of piperidine rings is 1. The minimum absolute atomic E-state index is 0.132. The number of hydrogen-bond donors (Lipinski definition) is 0. The molecule has 0 aromatic carbocycles. The van der Waals surface area contributed by atoms with E-state index in [1.165, 1.54) is 19.3 Å². The third kappa shape index (κ3) is 4.60. The third-order valence-electron chi connectivity index (χ3n) is 6.81. The summed E-state index contributed by atoms with van der Waals surface area (Å²) in [4.78, 5) is 43.5. The van der Waals surface area contributed by atoms with Crippen LogP contribution in [0, 0.1) is 11.3 Å². The van der Waals surface area contributed by atoms with Crippen molar-refractivity contribution in [3.8, 4) is 0 Å². The van der Waals surface area contributed by atoms with Crippen molar-refractivity contribution in [1.82, 2.24) is 9.80 Å². The van der Waals surface area contributed by atoms with Gasteiger partial charge in [0.05, 0.1) is 25.7 Å². The second-order valence-electron chi connectivity index (χ2n) is 8.65. The van der Waals surface area contributed by atoms with Crippen LogP contribution in [0.2, 0.25) is 0 Å². The van der Waals surface area contributed by atoms with Crippen LogP contribution in [0.5, 0.6) is 0 Å². The van der Waals surface area contributed by atoms with E-state index in [1.54, 1.807) is 13.8 Å². The zero-order chi connectivity index (χ0) is 20.9. The first-order valence-electron chi connectivity index (χ1n) is 11.4. The standard InChI is InChI=1S/C22H36N2O5/c1-3-28-20(26)22(21(27)29-4-2)14-19(25)24(15-17-10-6-5-7-11-17)16-18(22)23-12-8-9-13-23/h17-18H,3-16H2,1-2H3. The Morgan fingerprint density at radius 3 is 2.10 bits per heavy atom. The lowest BCUT2D eigenvalue weighted by Gasteiger charge is -2.47. The minimum atomic E-state index is -1.56. The maximum atomic E-state index is 13.2. The topological polar surface area (TPSA) is 76.2 Å². The number of rotatable bonds is 7. The molecule has 2 saturated heterocycles. The van der Waals surface area contributed by atoms with Crippen molar-refractivity contribution in [2.45, 2.75) is 71.3 Å². The van der Waals surface area contributed by atoms with E-state index in [2.05, 4.69) is 4.90 Å². The monoisotopic (exact) mass is 408 g/mol. The molecular weight excluding hydrogens is 372 g/mol. The van der Waals surface area contributed by atoms with Crippen molar-refractivity contribution < 1.29 is 23.9 Å². The molecule has 164 valence electrons. The van der Waals surface area contributed by atoms with Gasteiger partial charge in [-0.3, -0.25) is 19.3 Å². The Bertz CT molecular complexity index is 578. The largest absolute Gasteiger partial charge is 0.465 e. The van der Waals surface area contributed by atoms with Crippen molar-refractivity contribution >= 4 is 17.8 Å². The fourth-order valence-electron chi connectivity index (χ4n) is 5.29. The van der Waals surface area contributed by atoms with E-state index in [-0.39, 0.29) is 31.6 Å². The van der Waals surface area contributed by atoms with Crippen LogP contribution in [-0.4, -0.2) is 73.1 Å². The Morgan fingerprint density at radius 1 is 0.966 bits per heavy atom. The number of nitrogens with zero attached hydrogens (tertiary/aromatic N) is 2. The highest BCUT2D eigenvalue weighted by atomic mass is 16.6. The van der Waals surface area contributed by atoms with Gasteiger partial charge in [0.15, 0.2) is 5.41 Å². The van der Waals surface area contributed by atoms with E-state index in [0.717, 1.165) is 45.3 Å². The van der Waals surface area contributed by atoms with Gasteiger partial charge in [-0.15, -0.1) is 0 Å². The molecule has 2 aliphatic heterocycles. The highest BCUT2D eigenvalue weighted by molar-refractivity contribution is 6.05. The molecule has 1 aliphatic carbocycles. The Hall–Kier alpha value is -1.63. The van der Waals surface area contributed by atoms with E-state index in [4.69, 9.17) is 9.47 Å². The maximum absolute atomic E-state index is 13.2. The van der Waals surface area contributed by atoms with Crippen LogP contribution in [0.1, 0.15) is 65.2 Å². The molecule has 2 heterocycles. The average Bonchev–Trinajstić information content (AvgIpc) is 3.25. The number of likely N-dealkylation sites (tertiary alicyclic amines) is 2.